The van der Waals surface area contributed by atoms with Gasteiger partial charge in [0, 0.05) is 38.1 Å². The Balaban J connectivity index is 1.27. The van der Waals surface area contributed by atoms with Crippen LogP contribution in [0.5, 0.6) is 5.75 Å². The lowest BCUT2D eigenvalue weighted by Gasteiger charge is -2.34. The van der Waals surface area contributed by atoms with E-state index in [2.05, 4.69) is 37.5 Å². The monoisotopic (exact) mass is 436 g/mol. The van der Waals surface area contributed by atoms with Crippen LogP contribution < -0.4 is 10.1 Å². The quantitative estimate of drug-likeness (QED) is 0.643. The molecule has 0 unspecified atom stereocenters. The Labute approximate surface area is 186 Å². The third kappa shape index (κ3) is 4.10. The van der Waals surface area contributed by atoms with Crippen LogP contribution in [-0.2, 0) is 4.79 Å². The van der Waals surface area contributed by atoms with Crippen molar-refractivity contribution in [3.05, 3.63) is 30.5 Å². The van der Waals surface area contributed by atoms with Gasteiger partial charge in [-0.1, -0.05) is 5.21 Å². The molecule has 0 spiro atoms. The largest absolute Gasteiger partial charge is 0.497 e. The molecule has 3 aromatic rings. The molecule has 3 heterocycles. The standard InChI is InChI=1S/C22H28N8O2/c1-28-9-11-29(12-10-28)21(31)15-3-4-16(13-15)24-22-23-14-19-20(25-22)30(27-26-19)17-5-7-18(32-2)8-6-17/h5-8,14-16H,3-4,9-13H2,1-2H3,(H,23,24,25)/t15-,16+/m0/s1. The molecule has 1 aromatic carbocycles. The van der Waals surface area contributed by atoms with Crippen molar-refractivity contribution in [3.63, 3.8) is 0 Å². The van der Waals surface area contributed by atoms with Gasteiger partial charge in [0.1, 0.15) is 5.75 Å². The minimum Gasteiger partial charge on any atom is -0.497 e. The highest BCUT2D eigenvalue weighted by atomic mass is 16.5. The topological polar surface area (TPSA) is 101 Å². The Kier molecular flexibility index (Phi) is 5.60. The Bertz CT molecular complexity index is 1090. The van der Waals surface area contributed by atoms with Crippen molar-refractivity contribution < 1.29 is 9.53 Å². The van der Waals surface area contributed by atoms with Crippen LogP contribution in [0.4, 0.5) is 5.95 Å². The van der Waals surface area contributed by atoms with Gasteiger partial charge in [-0.2, -0.15) is 9.67 Å². The number of aromatic nitrogens is 5. The molecule has 1 aliphatic heterocycles. The number of rotatable bonds is 5. The van der Waals surface area contributed by atoms with Crippen LogP contribution in [0.2, 0.25) is 0 Å². The van der Waals surface area contributed by atoms with Gasteiger partial charge in [0.25, 0.3) is 0 Å². The van der Waals surface area contributed by atoms with E-state index in [9.17, 15) is 4.79 Å². The highest BCUT2D eigenvalue weighted by molar-refractivity contribution is 5.79. The summed E-state index contributed by atoms with van der Waals surface area (Å²) in [6, 6.07) is 7.75. The second-order valence-electron chi connectivity index (χ2n) is 8.58. The Morgan fingerprint density at radius 3 is 2.66 bits per heavy atom. The van der Waals surface area contributed by atoms with Gasteiger partial charge in [0.05, 0.1) is 19.0 Å². The van der Waals surface area contributed by atoms with Crippen LogP contribution in [0.15, 0.2) is 30.5 Å². The van der Waals surface area contributed by atoms with E-state index in [0.29, 0.717) is 23.0 Å². The summed E-state index contributed by atoms with van der Waals surface area (Å²) in [6.45, 7) is 3.55. The number of carbonyl (C=O) groups is 1. The highest BCUT2D eigenvalue weighted by Gasteiger charge is 2.33. The maximum atomic E-state index is 12.9. The fourth-order valence-corrected chi connectivity index (χ4v) is 4.50. The molecule has 10 heteroatoms. The normalized spacial score (nSPS) is 21.8. The van der Waals surface area contributed by atoms with Crippen LogP contribution in [0.25, 0.3) is 16.9 Å². The molecule has 1 N–H and O–H groups in total. The zero-order valence-corrected chi connectivity index (χ0v) is 18.4. The first-order valence-corrected chi connectivity index (χ1v) is 11.1. The summed E-state index contributed by atoms with van der Waals surface area (Å²) >= 11 is 0. The lowest BCUT2D eigenvalue weighted by Crippen LogP contribution is -2.48. The van der Waals surface area contributed by atoms with Gasteiger partial charge in [-0.3, -0.25) is 4.79 Å². The van der Waals surface area contributed by atoms with Crippen molar-refractivity contribution in [1.29, 1.82) is 0 Å². The summed E-state index contributed by atoms with van der Waals surface area (Å²) in [4.78, 5) is 26.3. The summed E-state index contributed by atoms with van der Waals surface area (Å²) in [5, 5.41) is 11.8. The molecule has 0 radical (unpaired) electrons. The van der Waals surface area contributed by atoms with E-state index in [0.717, 1.165) is 56.9 Å². The number of anilines is 1. The summed E-state index contributed by atoms with van der Waals surface area (Å²) < 4.78 is 6.92. The second-order valence-corrected chi connectivity index (χ2v) is 8.58. The number of hydrogen-bond acceptors (Lipinski definition) is 8. The number of ether oxygens (including phenoxy) is 1. The van der Waals surface area contributed by atoms with Gasteiger partial charge in [-0.05, 0) is 50.6 Å². The van der Waals surface area contributed by atoms with Gasteiger partial charge in [-0.25, -0.2) is 4.98 Å². The molecule has 2 fully saturated rings. The fraction of sp³-hybridized carbons (Fsp3) is 0.500. The number of nitrogens with one attached hydrogen (secondary N) is 1. The molecular weight excluding hydrogens is 408 g/mol. The number of carbonyl (C=O) groups excluding carboxylic acids is 1. The predicted octanol–water partition coefficient (Wildman–Crippen LogP) is 1.57. The summed E-state index contributed by atoms with van der Waals surface area (Å²) in [5.74, 6) is 1.68. The first kappa shape index (κ1) is 20.6. The highest BCUT2D eigenvalue weighted by Crippen LogP contribution is 2.29. The average Bonchev–Trinajstić information content (AvgIpc) is 3.46. The number of hydrogen-bond donors (Lipinski definition) is 1. The van der Waals surface area contributed by atoms with Gasteiger partial charge >= 0.3 is 0 Å². The van der Waals surface area contributed by atoms with E-state index in [1.54, 1.807) is 18.0 Å². The molecule has 1 amide bonds. The zero-order valence-electron chi connectivity index (χ0n) is 18.4. The van der Waals surface area contributed by atoms with Gasteiger partial charge < -0.3 is 19.9 Å². The molecule has 1 saturated heterocycles. The van der Waals surface area contributed by atoms with E-state index in [1.807, 2.05) is 29.2 Å². The molecule has 5 rings (SSSR count). The van der Waals surface area contributed by atoms with Gasteiger partial charge in [0.2, 0.25) is 11.9 Å². The van der Waals surface area contributed by atoms with Crippen LogP contribution in [-0.4, -0.2) is 87.0 Å². The number of amides is 1. The molecule has 10 nitrogen and oxygen atoms in total. The molecule has 32 heavy (non-hydrogen) atoms. The smallest absolute Gasteiger partial charge is 0.225 e. The number of methoxy groups -OCH3 is 1. The minimum atomic E-state index is 0.0751. The maximum absolute atomic E-state index is 12.9. The van der Waals surface area contributed by atoms with E-state index in [4.69, 9.17) is 4.74 Å². The van der Waals surface area contributed by atoms with Crippen molar-refractivity contribution in [2.75, 3.05) is 45.7 Å². The fourth-order valence-electron chi connectivity index (χ4n) is 4.50. The Morgan fingerprint density at radius 1 is 1.12 bits per heavy atom. The van der Waals surface area contributed by atoms with E-state index in [1.165, 1.54) is 0 Å². The zero-order chi connectivity index (χ0) is 22.1. The molecule has 2 aromatic heterocycles. The molecule has 1 aliphatic carbocycles. The number of likely N-dealkylation sites (N-methyl/N-ethyl adjacent to an activating group) is 1. The van der Waals surface area contributed by atoms with E-state index in [-0.39, 0.29) is 12.0 Å². The summed E-state index contributed by atoms with van der Waals surface area (Å²) in [5.41, 5.74) is 2.10. The number of nitrogens with zero attached hydrogens (tertiary/aromatic N) is 7. The molecule has 168 valence electrons. The van der Waals surface area contributed by atoms with Gasteiger partial charge in [-0.15, -0.1) is 5.10 Å². The van der Waals surface area contributed by atoms with Crippen molar-refractivity contribution in [2.24, 2.45) is 5.92 Å². The van der Waals surface area contributed by atoms with Crippen LogP contribution in [0.1, 0.15) is 19.3 Å². The lowest BCUT2D eigenvalue weighted by molar-refractivity contribution is -0.136. The molecule has 0 bridgehead atoms. The van der Waals surface area contributed by atoms with Crippen LogP contribution in [0, 0.1) is 5.92 Å². The van der Waals surface area contributed by atoms with Crippen LogP contribution in [0.3, 0.4) is 0 Å². The Morgan fingerprint density at radius 2 is 1.91 bits per heavy atom. The van der Waals surface area contributed by atoms with Crippen LogP contribution >= 0.6 is 0 Å². The first-order chi connectivity index (χ1) is 15.6. The minimum absolute atomic E-state index is 0.0751. The third-order valence-corrected chi connectivity index (χ3v) is 6.44. The van der Waals surface area contributed by atoms with E-state index < -0.39 is 0 Å². The molecule has 2 aliphatic rings. The number of piperazine rings is 1. The third-order valence-electron chi connectivity index (χ3n) is 6.44. The molecule has 1 saturated carbocycles. The number of benzene rings is 1. The van der Waals surface area contributed by atoms with Gasteiger partial charge in [0.15, 0.2) is 11.2 Å². The average molecular weight is 437 g/mol. The van der Waals surface area contributed by atoms with Crippen molar-refractivity contribution in [2.45, 2.75) is 25.3 Å². The maximum Gasteiger partial charge on any atom is 0.225 e. The molecular formula is C22H28N8O2. The lowest BCUT2D eigenvalue weighted by atomic mass is 10.1. The second kappa shape index (κ2) is 8.70. The van der Waals surface area contributed by atoms with E-state index >= 15 is 0 Å². The van der Waals surface area contributed by atoms with Crippen molar-refractivity contribution in [1.82, 2.24) is 34.8 Å². The van der Waals surface area contributed by atoms with Crippen molar-refractivity contribution in [3.8, 4) is 11.4 Å². The summed E-state index contributed by atoms with van der Waals surface area (Å²) in [6.07, 6.45) is 4.32. The Hall–Kier alpha value is -3.27. The van der Waals surface area contributed by atoms with Crippen molar-refractivity contribution >= 4 is 23.0 Å². The predicted molar refractivity (Wildman–Crippen MR) is 120 cm³/mol. The summed E-state index contributed by atoms with van der Waals surface area (Å²) in [7, 11) is 3.74. The molecule has 2 atom stereocenters. The SMILES string of the molecule is COc1ccc(-n2nnc3cnc(N[C@@H]4CC[C@H](C(=O)N5CCN(C)CC5)C4)nc32)cc1. The first-order valence-electron chi connectivity index (χ1n) is 11.1. The number of fused-ring (bicyclic) bond motifs is 1.